The average Bonchev–Trinajstić information content (AvgIpc) is 2.81. The van der Waals surface area contributed by atoms with Gasteiger partial charge in [-0.25, -0.2) is 0 Å². The van der Waals surface area contributed by atoms with Gasteiger partial charge in [-0.1, -0.05) is 23.1 Å². The lowest BCUT2D eigenvalue weighted by Crippen LogP contribution is -1.96. The minimum atomic E-state index is -0.386. The molecule has 1 aromatic carbocycles. The third-order valence-corrected chi connectivity index (χ3v) is 4.45. The van der Waals surface area contributed by atoms with Crippen molar-refractivity contribution in [3.63, 3.8) is 0 Å². The molecule has 19 heavy (non-hydrogen) atoms. The van der Waals surface area contributed by atoms with Crippen molar-refractivity contribution < 1.29 is 4.92 Å². The molecule has 0 fully saturated rings. The third kappa shape index (κ3) is 3.42. The fraction of sp³-hybridized carbons (Fsp3) is 0.273. The van der Waals surface area contributed by atoms with Crippen LogP contribution >= 0.6 is 23.1 Å². The molecule has 8 heteroatoms. The Hall–Kier alpha value is -1.67. The number of rotatable bonds is 5. The number of aryl methyl sites for hydroxylation is 1. The SMILES string of the molecule is CNc1ccc([N+](=O)[O-])cc1CSc1nnc(C)s1. The van der Waals surface area contributed by atoms with E-state index in [4.69, 9.17) is 0 Å². The number of thioether (sulfide) groups is 1. The highest BCUT2D eigenvalue weighted by molar-refractivity contribution is 8.00. The average molecular weight is 296 g/mol. The Morgan fingerprint density at radius 1 is 1.47 bits per heavy atom. The molecule has 0 bridgehead atoms. The van der Waals surface area contributed by atoms with E-state index < -0.39 is 0 Å². The molecule has 6 nitrogen and oxygen atoms in total. The van der Waals surface area contributed by atoms with Crippen LogP contribution in [-0.4, -0.2) is 22.2 Å². The first kappa shape index (κ1) is 13.8. The molecule has 1 N–H and O–H groups in total. The molecule has 0 spiro atoms. The highest BCUT2D eigenvalue weighted by Crippen LogP contribution is 2.30. The highest BCUT2D eigenvalue weighted by atomic mass is 32.2. The van der Waals surface area contributed by atoms with Crippen LogP contribution in [0.15, 0.2) is 22.5 Å². The normalized spacial score (nSPS) is 10.4. The zero-order chi connectivity index (χ0) is 13.8. The maximum atomic E-state index is 10.8. The number of hydrogen-bond acceptors (Lipinski definition) is 7. The summed E-state index contributed by atoms with van der Waals surface area (Å²) in [4.78, 5) is 10.4. The standard InChI is InChI=1S/C11H12N4O2S2/c1-7-13-14-11(19-7)18-6-8-5-9(15(16)17)3-4-10(8)12-2/h3-5,12H,6H2,1-2H3. The summed E-state index contributed by atoms with van der Waals surface area (Å²) in [6.07, 6.45) is 0. The number of nitro groups is 1. The smallest absolute Gasteiger partial charge is 0.269 e. The van der Waals surface area contributed by atoms with E-state index in [1.54, 1.807) is 19.2 Å². The number of aromatic nitrogens is 2. The maximum Gasteiger partial charge on any atom is 0.269 e. The van der Waals surface area contributed by atoms with E-state index in [0.717, 1.165) is 20.6 Å². The Morgan fingerprint density at radius 3 is 2.84 bits per heavy atom. The predicted molar refractivity (Wildman–Crippen MR) is 76.9 cm³/mol. The molecule has 0 amide bonds. The molecular weight excluding hydrogens is 284 g/mol. The molecule has 0 saturated heterocycles. The van der Waals surface area contributed by atoms with Crippen molar-refractivity contribution >= 4 is 34.5 Å². The van der Waals surface area contributed by atoms with Crippen LogP contribution in [-0.2, 0) is 5.75 Å². The third-order valence-electron chi connectivity index (χ3n) is 2.43. The Labute approximate surface area is 118 Å². The molecule has 100 valence electrons. The molecule has 0 aliphatic heterocycles. The number of nitrogens with one attached hydrogen (secondary N) is 1. The summed E-state index contributed by atoms with van der Waals surface area (Å²) >= 11 is 3.04. The van der Waals surface area contributed by atoms with Crippen LogP contribution in [0.1, 0.15) is 10.6 Å². The molecule has 2 rings (SSSR count). The fourth-order valence-corrected chi connectivity index (χ4v) is 3.34. The molecule has 0 aliphatic carbocycles. The van der Waals surface area contributed by atoms with Crippen LogP contribution < -0.4 is 5.32 Å². The monoisotopic (exact) mass is 296 g/mol. The first-order valence-electron chi connectivity index (χ1n) is 5.48. The Kier molecular flexibility index (Phi) is 4.33. The lowest BCUT2D eigenvalue weighted by molar-refractivity contribution is -0.384. The second-order valence-corrected chi connectivity index (χ2v) is 6.13. The van der Waals surface area contributed by atoms with Gasteiger partial charge in [-0.2, -0.15) is 0 Å². The minimum absolute atomic E-state index is 0.100. The van der Waals surface area contributed by atoms with E-state index in [-0.39, 0.29) is 10.6 Å². The molecule has 2 aromatic rings. The molecule has 0 saturated carbocycles. The molecule has 0 radical (unpaired) electrons. The topological polar surface area (TPSA) is 81.0 Å². The lowest BCUT2D eigenvalue weighted by Gasteiger charge is -2.07. The zero-order valence-corrected chi connectivity index (χ0v) is 12.0. The van der Waals surface area contributed by atoms with Gasteiger partial charge in [-0.15, -0.1) is 10.2 Å². The lowest BCUT2D eigenvalue weighted by atomic mass is 10.2. The number of anilines is 1. The van der Waals surface area contributed by atoms with Gasteiger partial charge in [0.15, 0.2) is 4.34 Å². The van der Waals surface area contributed by atoms with Crippen molar-refractivity contribution in [3.05, 3.63) is 38.9 Å². The first-order chi connectivity index (χ1) is 9.10. The van der Waals surface area contributed by atoms with E-state index >= 15 is 0 Å². The van der Waals surface area contributed by atoms with Crippen LogP contribution in [0.4, 0.5) is 11.4 Å². The van der Waals surface area contributed by atoms with Crippen molar-refractivity contribution in [2.45, 2.75) is 17.0 Å². The molecule has 0 atom stereocenters. The Bertz CT molecular complexity index is 600. The molecule has 1 aromatic heterocycles. The minimum Gasteiger partial charge on any atom is -0.388 e. The van der Waals surface area contributed by atoms with Gasteiger partial charge in [0, 0.05) is 30.6 Å². The van der Waals surface area contributed by atoms with Crippen molar-refractivity contribution in [2.75, 3.05) is 12.4 Å². The van der Waals surface area contributed by atoms with Crippen molar-refractivity contribution in [1.29, 1.82) is 0 Å². The summed E-state index contributed by atoms with van der Waals surface area (Å²) in [6, 6.07) is 4.81. The molecular formula is C11H12N4O2S2. The Morgan fingerprint density at radius 2 is 2.26 bits per heavy atom. The second kappa shape index (κ2) is 5.98. The predicted octanol–water partition coefficient (Wildman–Crippen LogP) is 3.09. The number of non-ortho nitro benzene ring substituents is 1. The van der Waals surface area contributed by atoms with E-state index in [1.807, 2.05) is 6.92 Å². The first-order valence-corrected chi connectivity index (χ1v) is 7.28. The summed E-state index contributed by atoms with van der Waals surface area (Å²) in [5.41, 5.74) is 1.87. The van der Waals surface area contributed by atoms with Crippen molar-refractivity contribution in [1.82, 2.24) is 10.2 Å². The highest BCUT2D eigenvalue weighted by Gasteiger charge is 2.11. The summed E-state index contributed by atoms with van der Waals surface area (Å²) in [6.45, 7) is 1.90. The second-order valence-electron chi connectivity index (χ2n) is 3.72. The van der Waals surface area contributed by atoms with Crippen LogP contribution in [0.25, 0.3) is 0 Å². The maximum absolute atomic E-state index is 10.8. The van der Waals surface area contributed by atoms with Gasteiger partial charge in [0.25, 0.3) is 5.69 Å². The number of hydrogen-bond donors (Lipinski definition) is 1. The number of nitrogens with zero attached hydrogens (tertiary/aromatic N) is 3. The summed E-state index contributed by atoms with van der Waals surface area (Å²) < 4.78 is 0.867. The summed E-state index contributed by atoms with van der Waals surface area (Å²) in [5, 5.41) is 22.7. The Balaban J connectivity index is 2.17. The largest absolute Gasteiger partial charge is 0.388 e. The summed E-state index contributed by atoms with van der Waals surface area (Å²) in [5.74, 6) is 0.618. The van der Waals surface area contributed by atoms with Gasteiger partial charge in [0.2, 0.25) is 0 Å². The zero-order valence-electron chi connectivity index (χ0n) is 10.4. The van der Waals surface area contributed by atoms with Gasteiger partial charge in [-0.3, -0.25) is 10.1 Å². The fourth-order valence-electron chi connectivity index (χ4n) is 1.53. The van der Waals surface area contributed by atoms with Gasteiger partial charge in [0.05, 0.1) is 4.92 Å². The van der Waals surface area contributed by atoms with Crippen molar-refractivity contribution in [3.8, 4) is 0 Å². The van der Waals surface area contributed by atoms with Crippen LogP contribution in [0, 0.1) is 17.0 Å². The van der Waals surface area contributed by atoms with E-state index in [0.29, 0.717) is 5.75 Å². The van der Waals surface area contributed by atoms with Gasteiger partial charge in [0.1, 0.15) is 5.01 Å². The van der Waals surface area contributed by atoms with E-state index in [9.17, 15) is 10.1 Å². The van der Waals surface area contributed by atoms with Crippen LogP contribution in [0.3, 0.4) is 0 Å². The number of benzene rings is 1. The molecule has 1 heterocycles. The summed E-state index contributed by atoms with van der Waals surface area (Å²) in [7, 11) is 1.80. The van der Waals surface area contributed by atoms with Crippen LogP contribution in [0.2, 0.25) is 0 Å². The quantitative estimate of drug-likeness (QED) is 0.519. The van der Waals surface area contributed by atoms with Gasteiger partial charge in [-0.05, 0) is 18.6 Å². The van der Waals surface area contributed by atoms with Crippen molar-refractivity contribution in [2.24, 2.45) is 0 Å². The number of nitro benzene ring substituents is 1. The molecule has 0 unspecified atom stereocenters. The van der Waals surface area contributed by atoms with Gasteiger partial charge < -0.3 is 5.32 Å². The van der Waals surface area contributed by atoms with E-state index in [2.05, 4.69) is 15.5 Å². The molecule has 0 aliphatic rings. The van der Waals surface area contributed by atoms with Gasteiger partial charge >= 0.3 is 0 Å². The van der Waals surface area contributed by atoms with E-state index in [1.165, 1.54) is 29.2 Å². The van der Waals surface area contributed by atoms with Crippen LogP contribution in [0.5, 0.6) is 0 Å².